The molecule has 0 atom stereocenters. The normalized spacial score (nSPS) is 12.6. The van der Waals surface area contributed by atoms with E-state index in [1.54, 1.807) is 0 Å². The van der Waals surface area contributed by atoms with E-state index in [9.17, 15) is 30.2 Å². The SMILES string of the molecule is O=C(O)c1cc2c(c3c1c([N+](=O)[O-])cc1c(O)cc(O)cc13)OCO2. The number of nitrogens with zero attached hydrogens (tertiary/aromatic N) is 1. The summed E-state index contributed by atoms with van der Waals surface area (Å²) in [5.41, 5.74) is -0.838. The maximum Gasteiger partial charge on any atom is 0.336 e. The molecular weight excluding hydrogens is 334 g/mol. The quantitative estimate of drug-likeness (QED) is 0.366. The van der Waals surface area contributed by atoms with Gasteiger partial charge in [-0.25, -0.2) is 4.79 Å². The average Bonchev–Trinajstić information content (AvgIpc) is 3.00. The highest BCUT2D eigenvalue weighted by Gasteiger charge is 2.30. The Kier molecular flexibility index (Phi) is 2.89. The number of aromatic hydroxyl groups is 2. The molecule has 1 heterocycles. The number of phenols is 2. The van der Waals surface area contributed by atoms with Crippen molar-refractivity contribution in [3.63, 3.8) is 0 Å². The van der Waals surface area contributed by atoms with Gasteiger partial charge in [0.05, 0.1) is 15.9 Å². The fourth-order valence-corrected chi connectivity index (χ4v) is 3.07. The van der Waals surface area contributed by atoms with E-state index in [-0.39, 0.29) is 56.9 Å². The Morgan fingerprint density at radius 2 is 1.84 bits per heavy atom. The minimum atomic E-state index is -1.38. The van der Waals surface area contributed by atoms with E-state index < -0.39 is 16.6 Å². The summed E-state index contributed by atoms with van der Waals surface area (Å²) < 4.78 is 10.6. The number of carbonyl (C=O) groups is 1. The third kappa shape index (κ3) is 1.99. The average molecular weight is 343 g/mol. The van der Waals surface area contributed by atoms with Crippen molar-refractivity contribution in [3.05, 3.63) is 39.9 Å². The summed E-state index contributed by atoms with van der Waals surface area (Å²) in [5, 5.41) is 41.1. The Bertz CT molecular complexity index is 1100. The lowest BCUT2D eigenvalue weighted by molar-refractivity contribution is -0.383. The first kappa shape index (κ1) is 14.8. The van der Waals surface area contributed by atoms with Crippen LogP contribution < -0.4 is 9.47 Å². The van der Waals surface area contributed by atoms with Crippen molar-refractivity contribution in [2.75, 3.05) is 6.79 Å². The molecule has 126 valence electrons. The smallest absolute Gasteiger partial charge is 0.336 e. The minimum absolute atomic E-state index is 0.0808. The molecule has 0 aliphatic carbocycles. The van der Waals surface area contributed by atoms with E-state index in [0.717, 1.165) is 18.2 Å². The van der Waals surface area contributed by atoms with Gasteiger partial charge in [-0.1, -0.05) is 0 Å². The number of carboxylic acid groups (broad SMARTS) is 1. The Morgan fingerprint density at radius 3 is 2.52 bits per heavy atom. The van der Waals surface area contributed by atoms with Crippen LogP contribution in [-0.2, 0) is 0 Å². The Labute approximate surface area is 138 Å². The number of rotatable bonds is 2. The van der Waals surface area contributed by atoms with Crippen LogP contribution in [0.1, 0.15) is 10.4 Å². The molecule has 3 aromatic carbocycles. The number of nitro groups is 1. The summed E-state index contributed by atoms with van der Waals surface area (Å²) in [6, 6.07) is 4.54. The first-order chi connectivity index (χ1) is 11.9. The maximum absolute atomic E-state index is 11.6. The summed E-state index contributed by atoms with van der Waals surface area (Å²) in [7, 11) is 0. The molecule has 1 aliphatic heterocycles. The highest BCUT2D eigenvalue weighted by molar-refractivity contribution is 6.22. The fourth-order valence-electron chi connectivity index (χ4n) is 3.07. The third-order valence-corrected chi connectivity index (χ3v) is 4.04. The van der Waals surface area contributed by atoms with Gasteiger partial charge in [0, 0.05) is 28.3 Å². The van der Waals surface area contributed by atoms with E-state index in [0.29, 0.717) is 0 Å². The van der Waals surface area contributed by atoms with Crippen LogP contribution in [0.4, 0.5) is 5.69 Å². The van der Waals surface area contributed by atoms with Crippen LogP contribution in [0.15, 0.2) is 24.3 Å². The second kappa shape index (κ2) is 4.87. The molecule has 3 N–H and O–H groups in total. The topological polar surface area (TPSA) is 139 Å². The first-order valence-corrected chi connectivity index (χ1v) is 7.01. The number of hydrogen-bond acceptors (Lipinski definition) is 7. The van der Waals surface area contributed by atoms with Crippen molar-refractivity contribution in [2.24, 2.45) is 0 Å². The monoisotopic (exact) mass is 343 g/mol. The van der Waals surface area contributed by atoms with E-state index >= 15 is 0 Å². The van der Waals surface area contributed by atoms with Crippen LogP contribution >= 0.6 is 0 Å². The molecule has 0 saturated carbocycles. The Hall–Kier alpha value is -3.75. The molecule has 9 nitrogen and oxygen atoms in total. The minimum Gasteiger partial charge on any atom is -0.508 e. The zero-order valence-corrected chi connectivity index (χ0v) is 12.3. The fraction of sp³-hybridized carbons (Fsp3) is 0.0625. The number of hydrogen-bond donors (Lipinski definition) is 3. The van der Waals surface area contributed by atoms with Crippen LogP contribution in [0.2, 0.25) is 0 Å². The van der Waals surface area contributed by atoms with Gasteiger partial charge in [0.1, 0.15) is 11.5 Å². The lowest BCUT2D eigenvalue weighted by atomic mass is 9.94. The molecule has 0 amide bonds. The molecule has 25 heavy (non-hydrogen) atoms. The van der Waals surface area contributed by atoms with Gasteiger partial charge < -0.3 is 24.8 Å². The van der Waals surface area contributed by atoms with E-state index in [2.05, 4.69) is 0 Å². The molecule has 0 fully saturated rings. The van der Waals surface area contributed by atoms with Crippen molar-refractivity contribution in [1.29, 1.82) is 0 Å². The number of fused-ring (bicyclic) bond motifs is 5. The first-order valence-electron chi connectivity index (χ1n) is 7.01. The van der Waals surface area contributed by atoms with Gasteiger partial charge in [-0.15, -0.1) is 0 Å². The predicted octanol–water partition coefficient (Wildman–Crippen LogP) is 2.74. The highest BCUT2D eigenvalue weighted by atomic mass is 16.7. The summed E-state index contributed by atoms with van der Waals surface area (Å²) in [6.45, 7) is -0.178. The van der Waals surface area contributed by atoms with Gasteiger partial charge in [0.25, 0.3) is 5.69 Å². The zero-order valence-electron chi connectivity index (χ0n) is 12.3. The Morgan fingerprint density at radius 1 is 1.08 bits per heavy atom. The van der Waals surface area contributed by atoms with Crippen LogP contribution in [0.3, 0.4) is 0 Å². The molecule has 0 unspecified atom stereocenters. The van der Waals surface area contributed by atoms with Crippen LogP contribution in [-0.4, -0.2) is 33.0 Å². The molecule has 0 radical (unpaired) electrons. The zero-order chi connectivity index (χ0) is 17.9. The molecule has 0 saturated heterocycles. The number of nitro benzene ring substituents is 1. The van der Waals surface area contributed by atoms with E-state index in [1.165, 1.54) is 6.07 Å². The predicted molar refractivity (Wildman–Crippen MR) is 84.5 cm³/mol. The van der Waals surface area contributed by atoms with Gasteiger partial charge in [-0.05, 0) is 12.1 Å². The molecule has 0 spiro atoms. The molecule has 3 aromatic rings. The molecule has 0 bridgehead atoms. The van der Waals surface area contributed by atoms with Crippen molar-refractivity contribution in [3.8, 4) is 23.0 Å². The maximum atomic E-state index is 11.6. The molecular formula is C16H9NO8. The highest BCUT2D eigenvalue weighted by Crippen LogP contribution is 2.49. The van der Waals surface area contributed by atoms with Crippen molar-refractivity contribution in [1.82, 2.24) is 0 Å². The number of non-ortho nitro benzene ring substituents is 1. The number of ether oxygens (including phenoxy) is 2. The third-order valence-electron chi connectivity index (χ3n) is 4.04. The lowest BCUT2D eigenvalue weighted by Crippen LogP contribution is -2.01. The van der Waals surface area contributed by atoms with Crippen molar-refractivity contribution >= 4 is 33.2 Å². The molecule has 4 rings (SSSR count). The number of benzene rings is 3. The van der Waals surface area contributed by atoms with Crippen molar-refractivity contribution < 1.29 is 34.5 Å². The van der Waals surface area contributed by atoms with Gasteiger partial charge in [-0.3, -0.25) is 10.1 Å². The summed E-state index contributed by atoms with van der Waals surface area (Å²) >= 11 is 0. The van der Waals surface area contributed by atoms with E-state index in [1.807, 2.05) is 0 Å². The number of carboxylic acids is 1. The summed E-state index contributed by atoms with van der Waals surface area (Å²) in [5.74, 6) is -1.80. The Balaban J connectivity index is 2.37. The number of aromatic carboxylic acids is 1. The van der Waals surface area contributed by atoms with Gasteiger partial charge in [-0.2, -0.15) is 0 Å². The number of phenolic OH excluding ortho intramolecular Hbond substituents is 2. The van der Waals surface area contributed by atoms with Crippen LogP contribution in [0.25, 0.3) is 21.5 Å². The van der Waals surface area contributed by atoms with Crippen molar-refractivity contribution in [2.45, 2.75) is 0 Å². The van der Waals surface area contributed by atoms with Gasteiger partial charge >= 0.3 is 5.97 Å². The molecule has 9 heteroatoms. The van der Waals surface area contributed by atoms with Crippen LogP contribution in [0.5, 0.6) is 23.0 Å². The van der Waals surface area contributed by atoms with Gasteiger partial charge in [0.15, 0.2) is 11.5 Å². The summed E-state index contributed by atoms with van der Waals surface area (Å²) in [4.78, 5) is 22.4. The second-order valence-electron chi connectivity index (χ2n) is 5.43. The lowest BCUT2D eigenvalue weighted by Gasteiger charge is -2.12. The standard InChI is InChI=1S/C16H9NO8/c18-6-1-8-7(11(19)2-6)3-10(17(22)23)13-9(16(20)21)4-12-15(14(8)13)25-5-24-12/h1-4,18-19H,5H2,(H,20,21). The molecule has 0 aromatic heterocycles. The molecule has 1 aliphatic rings. The van der Waals surface area contributed by atoms with E-state index in [4.69, 9.17) is 9.47 Å². The van der Waals surface area contributed by atoms with Crippen LogP contribution in [0, 0.1) is 10.1 Å². The second-order valence-corrected chi connectivity index (χ2v) is 5.43. The summed E-state index contributed by atoms with van der Waals surface area (Å²) in [6.07, 6.45) is 0. The van der Waals surface area contributed by atoms with Gasteiger partial charge in [0.2, 0.25) is 6.79 Å². The largest absolute Gasteiger partial charge is 0.508 e.